The van der Waals surface area contributed by atoms with Gasteiger partial charge in [0, 0.05) is 12.6 Å². The molecule has 0 saturated carbocycles. The highest BCUT2D eigenvalue weighted by Crippen LogP contribution is 2.30. The number of hydrogen-bond donors (Lipinski definition) is 0. The quantitative estimate of drug-likeness (QED) is 0.727. The molecule has 1 heterocycles. The first-order chi connectivity index (χ1) is 7.34. The lowest BCUT2D eigenvalue weighted by Gasteiger charge is -2.42. The normalized spacial score (nSPS) is 25.5. The van der Waals surface area contributed by atoms with Crippen molar-refractivity contribution in [1.29, 1.82) is 0 Å². The molecule has 0 aliphatic carbocycles. The van der Waals surface area contributed by atoms with Crippen molar-refractivity contribution in [3.63, 3.8) is 0 Å². The van der Waals surface area contributed by atoms with E-state index < -0.39 is 12.0 Å². The Morgan fingerprint density at radius 3 is 2.06 bits per heavy atom. The smallest absolute Gasteiger partial charge is 0.275 e. The number of likely N-dealkylation sites (tertiary alicyclic amines) is 1. The summed E-state index contributed by atoms with van der Waals surface area (Å²) >= 11 is 0. The standard InChI is InChI=1S/C10H20F2N2.C2H6/c1-8(2)14-6-5-9(13(3)4)10(11,12)7-14;1-2/h8-9H,5-7H2,1-4H3;1-2H3. The Kier molecular flexibility index (Phi) is 6.41. The zero-order valence-electron chi connectivity index (χ0n) is 11.4. The van der Waals surface area contributed by atoms with Crippen LogP contribution in [0.25, 0.3) is 0 Å². The fraction of sp³-hybridized carbons (Fsp3) is 1.00. The molecule has 1 atom stereocenters. The molecule has 0 N–H and O–H groups in total. The monoisotopic (exact) mass is 236 g/mol. The van der Waals surface area contributed by atoms with E-state index in [1.165, 1.54) is 0 Å². The molecule has 0 aromatic rings. The Morgan fingerprint density at radius 2 is 1.75 bits per heavy atom. The fourth-order valence-corrected chi connectivity index (χ4v) is 2.03. The summed E-state index contributed by atoms with van der Waals surface area (Å²) in [6, 6.07) is -0.388. The van der Waals surface area contributed by atoms with Crippen LogP contribution in [0.15, 0.2) is 0 Å². The molecule has 1 unspecified atom stereocenters. The third-order valence-electron chi connectivity index (χ3n) is 2.94. The SMILES string of the molecule is CC.CC(C)N1CCC(N(C)C)C(F)(F)C1. The second-order valence-corrected chi connectivity index (χ2v) is 4.59. The molecule has 0 amide bonds. The first-order valence-electron chi connectivity index (χ1n) is 6.13. The Bertz CT molecular complexity index is 193. The van der Waals surface area contributed by atoms with Crippen molar-refractivity contribution in [2.75, 3.05) is 27.2 Å². The van der Waals surface area contributed by atoms with E-state index in [2.05, 4.69) is 0 Å². The van der Waals surface area contributed by atoms with E-state index in [1.807, 2.05) is 32.6 Å². The van der Waals surface area contributed by atoms with Crippen molar-refractivity contribution >= 4 is 0 Å². The molecule has 1 fully saturated rings. The van der Waals surface area contributed by atoms with Crippen LogP contribution in [0, 0.1) is 0 Å². The summed E-state index contributed by atoms with van der Waals surface area (Å²) in [5.41, 5.74) is 0. The number of nitrogens with zero attached hydrogens (tertiary/aromatic N) is 2. The van der Waals surface area contributed by atoms with E-state index in [0.717, 1.165) is 6.54 Å². The van der Waals surface area contributed by atoms with E-state index in [4.69, 9.17) is 0 Å². The molecule has 1 aliphatic heterocycles. The molecule has 0 radical (unpaired) electrons. The summed E-state index contributed by atoms with van der Waals surface area (Å²) in [5, 5.41) is 0. The molecule has 16 heavy (non-hydrogen) atoms. The molecule has 4 heteroatoms. The molecular weight excluding hydrogens is 210 g/mol. The van der Waals surface area contributed by atoms with Gasteiger partial charge in [-0.25, -0.2) is 8.78 Å². The van der Waals surface area contributed by atoms with Crippen LogP contribution in [0.3, 0.4) is 0 Å². The predicted molar refractivity (Wildman–Crippen MR) is 65.1 cm³/mol. The van der Waals surface area contributed by atoms with Crippen molar-refractivity contribution in [2.24, 2.45) is 0 Å². The van der Waals surface area contributed by atoms with Gasteiger partial charge in [-0.1, -0.05) is 13.8 Å². The number of alkyl halides is 2. The maximum atomic E-state index is 13.6. The average molecular weight is 236 g/mol. The van der Waals surface area contributed by atoms with Crippen LogP contribution in [0.1, 0.15) is 34.1 Å². The predicted octanol–water partition coefficient (Wildman–Crippen LogP) is 2.69. The van der Waals surface area contributed by atoms with Crippen LogP contribution in [0.2, 0.25) is 0 Å². The highest BCUT2D eigenvalue weighted by atomic mass is 19.3. The largest absolute Gasteiger partial charge is 0.301 e. The van der Waals surface area contributed by atoms with Gasteiger partial charge in [0.2, 0.25) is 0 Å². The van der Waals surface area contributed by atoms with Crippen LogP contribution in [-0.2, 0) is 0 Å². The summed E-state index contributed by atoms with van der Waals surface area (Å²) < 4.78 is 27.3. The van der Waals surface area contributed by atoms with Crippen molar-refractivity contribution in [1.82, 2.24) is 9.80 Å². The highest BCUT2D eigenvalue weighted by Gasteiger charge is 2.45. The van der Waals surface area contributed by atoms with Crippen LogP contribution in [-0.4, -0.2) is 55.0 Å². The summed E-state index contributed by atoms with van der Waals surface area (Å²) in [7, 11) is 3.45. The second-order valence-electron chi connectivity index (χ2n) is 4.59. The molecule has 1 rings (SSSR count). The van der Waals surface area contributed by atoms with Crippen LogP contribution < -0.4 is 0 Å². The van der Waals surface area contributed by atoms with Gasteiger partial charge >= 0.3 is 0 Å². The average Bonchev–Trinajstić information content (AvgIpc) is 2.18. The van der Waals surface area contributed by atoms with Gasteiger partial charge in [0.05, 0.1) is 12.6 Å². The lowest BCUT2D eigenvalue weighted by atomic mass is 9.99. The number of halogens is 2. The maximum absolute atomic E-state index is 13.6. The molecule has 98 valence electrons. The Balaban J connectivity index is 0.00000106. The Hall–Kier alpha value is -0.220. The molecule has 0 aromatic carbocycles. The van der Waals surface area contributed by atoms with Gasteiger partial charge < -0.3 is 4.90 Å². The molecule has 1 saturated heterocycles. The molecule has 0 aromatic heterocycles. The minimum atomic E-state index is -2.58. The van der Waals surface area contributed by atoms with Crippen LogP contribution >= 0.6 is 0 Å². The number of piperidine rings is 1. The van der Waals surface area contributed by atoms with Gasteiger partial charge in [-0.2, -0.15) is 0 Å². The molecule has 1 aliphatic rings. The van der Waals surface area contributed by atoms with Crippen LogP contribution in [0.5, 0.6) is 0 Å². The van der Waals surface area contributed by atoms with Crippen molar-refractivity contribution in [2.45, 2.75) is 52.1 Å². The molecule has 2 nitrogen and oxygen atoms in total. The first-order valence-corrected chi connectivity index (χ1v) is 6.13. The third-order valence-corrected chi connectivity index (χ3v) is 2.94. The Labute approximate surface area is 98.6 Å². The van der Waals surface area contributed by atoms with Crippen molar-refractivity contribution in [3.05, 3.63) is 0 Å². The highest BCUT2D eigenvalue weighted by molar-refractivity contribution is 4.92. The van der Waals surface area contributed by atoms with E-state index in [1.54, 1.807) is 19.0 Å². The van der Waals surface area contributed by atoms with Crippen LogP contribution in [0.4, 0.5) is 8.78 Å². The number of hydrogen-bond acceptors (Lipinski definition) is 2. The summed E-state index contributed by atoms with van der Waals surface area (Å²) in [6.07, 6.45) is 0.554. The van der Waals surface area contributed by atoms with E-state index >= 15 is 0 Å². The Morgan fingerprint density at radius 1 is 1.25 bits per heavy atom. The van der Waals surface area contributed by atoms with Gasteiger partial charge in [-0.05, 0) is 34.4 Å². The lowest BCUT2D eigenvalue weighted by Crippen LogP contribution is -2.57. The first kappa shape index (κ1) is 15.8. The summed E-state index contributed by atoms with van der Waals surface area (Å²) in [4.78, 5) is 3.48. The summed E-state index contributed by atoms with van der Waals surface area (Å²) in [5.74, 6) is -2.58. The minimum Gasteiger partial charge on any atom is -0.301 e. The topological polar surface area (TPSA) is 6.48 Å². The van der Waals surface area contributed by atoms with Gasteiger partial charge in [0.1, 0.15) is 0 Å². The minimum absolute atomic E-state index is 0.104. The zero-order chi connectivity index (χ0) is 12.9. The fourth-order valence-electron chi connectivity index (χ4n) is 2.03. The third kappa shape index (κ3) is 3.98. The maximum Gasteiger partial charge on any atom is 0.275 e. The zero-order valence-corrected chi connectivity index (χ0v) is 11.4. The van der Waals surface area contributed by atoms with Gasteiger partial charge in [-0.3, -0.25) is 4.90 Å². The number of rotatable bonds is 2. The van der Waals surface area contributed by atoms with Gasteiger partial charge in [-0.15, -0.1) is 0 Å². The lowest BCUT2D eigenvalue weighted by molar-refractivity contribution is -0.122. The summed E-state index contributed by atoms with van der Waals surface area (Å²) in [6.45, 7) is 8.60. The molecular formula is C12H26F2N2. The molecule has 0 bridgehead atoms. The van der Waals surface area contributed by atoms with Crippen molar-refractivity contribution < 1.29 is 8.78 Å². The van der Waals surface area contributed by atoms with E-state index in [0.29, 0.717) is 6.42 Å². The van der Waals surface area contributed by atoms with Gasteiger partial charge in [0.15, 0.2) is 0 Å². The molecule has 0 spiro atoms. The van der Waals surface area contributed by atoms with E-state index in [9.17, 15) is 8.78 Å². The van der Waals surface area contributed by atoms with E-state index in [-0.39, 0.29) is 12.6 Å². The van der Waals surface area contributed by atoms with Gasteiger partial charge in [0.25, 0.3) is 5.92 Å². The van der Waals surface area contributed by atoms with Crippen molar-refractivity contribution in [3.8, 4) is 0 Å². The second kappa shape index (κ2) is 6.50.